The molecule has 0 aliphatic rings. The van der Waals surface area contributed by atoms with Crippen molar-refractivity contribution in [1.29, 1.82) is 0 Å². The summed E-state index contributed by atoms with van der Waals surface area (Å²) in [7, 11) is 0. The minimum absolute atomic E-state index is 0.0560. The normalized spacial score (nSPS) is 11.9. The lowest BCUT2D eigenvalue weighted by Gasteiger charge is -2.12. The number of unbranched alkanes of at least 4 members (excludes halogenated alkanes) is 26. The fourth-order valence-corrected chi connectivity index (χ4v) is 6.47. The fraction of sp³-hybridized carbons (Fsp3) is 0.800. The molecule has 1 aromatic rings. The van der Waals surface area contributed by atoms with E-state index in [-0.39, 0.29) is 29.2 Å². The third-order valence-electron chi connectivity index (χ3n) is 9.03. The van der Waals surface area contributed by atoms with Gasteiger partial charge in [-0.2, -0.15) is 0 Å². The molecule has 0 heterocycles. The van der Waals surface area contributed by atoms with E-state index in [4.69, 9.17) is 9.47 Å². The zero-order chi connectivity index (χ0) is 34.2. The summed E-state index contributed by atoms with van der Waals surface area (Å²) in [4.78, 5) is 25.2. The van der Waals surface area contributed by atoms with E-state index in [0.717, 1.165) is 38.5 Å². The zero-order valence-corrected chi connectivity index (χ0v) is 31.1. The van der Waals surface area contributed by atoms with Crippen LogP contribution in [0.3, 0.4) is 0 Å². The van der Waals surface area contributed by atoms with Crippen LogP contribution in [0.25, 0.3) is 0 Å². The molecule has 0 amide bonds. The molecular weight excluding hydrogens is 609 g/mol. The Morgan fingerprint density at radius 2 is 0.723 bits per heavy atom. The summed E-state index contributed by atoms with van der Waals surface area (Å²) >= 11 is -2.58. The lowest BCUT2D eigenvalue weighted by molar-refractivity contribution is 0.0495. The first-order valence-electron chi connectivity index (χ1n) is 19.6. The average Bonchev–Trinajstić information content (AvgIpc) is 3.07. The van der Waals surface area contributed by atoms with Crippen LogP contribution in [0, 0.1) is 0 Å². The molecule has 0 spiro atoms. The van der Waals surface area contributed by atoms with Gasteiger partial charge in [0.05, 0.1) is 24.3 Å². The van der Waals surface area contributed by atoms with Crippen LogP contribution in [-0.2, 0) is 20.6 Å². The van der Waals surface area contributed by atoms with E-state index in [1.165, 1.54) is 159 Å². The van der Waals surface area contributed by atoms with Gasteiger partial charge in [0, 0.05) is 4.90 Å². The molecule has 0 fully saturated rings. The van der Waals surface area contributed by atoms with Crippen molar-refractivity contribution in [3.8, 4) is 0 Å². The smallest absolute Gasteiger partial charge is 0.338 e. The van der Waals surface area contributed by atoms with Gasteiger partial charge < -0.3 is 14.0 Å². The summed E-state index contributed by atoms with van der Waals surface area (Å²) in [5.41, 5.74) is 0.112. The monoisotopic (exact) mass is 677 g/mol. The molecule has 0 bridgehead atoms. The number of carbonyl (C=O) groups is 2. The lowest BCUT2D eigenvalue weighted by Crippen LogP contribution is -2.12. The summed E-state index contributed by atoms with van der Waals surface area (Å²) in [6.45, 7) is 5.07. The molecule has 47 heavy (non-hydrogen) atoms. The van der Waals surface area contributed by atoms with Crippen molar-refractivity contribution in [2.24, 2.45) is 0 Å². The Morgan fingerprint density at radius 1 is 0.468 bits per heavy atom. The van der Waals surface area contributed by atoms with Crippen molar-refractivity contribution in [2.45, 2.75) is 199 Å². The van der Waals surface area contributed by atoms with Crippen molar-refractivity contribution < 1.29 is 27.8 Å². The molecule has 272 valence electrons. The minimum atomic E-state index is -2.58. The number of benzene rings is 1. The van der Waals surface area contributed by atoms with Gasteiger partial charge in [0.1, 0.15) is 0 Å². The molecule has 0 N–H and O–H groups in total. The minimum Gasteiger partial charge on any atom is -0.768 e. The Balaban J connectivity index is 2.18. The maximum atomic E-state index is 12.7. The van der Waals surface area contributed by atoms with E-state index in [2.05, 4.69) is 13.8 Å². The predicted molar refractivity (Wildman–Crippen MR) is 195 cm³/mol. The Labute approximate surface area is 291 Å². The molecular formula is C40H69O6S-. The quantitative estimate of drug-likeness (QED) is 0.0417. The van der Waals surface area contributed by atoms with Crippen LogP contribution in [0.2, 0.25) is 0 Å². The average molecular weight is 678 g/mol. The van der Waals surface area contributed by atoms with Gasteiger partial charge in [-0.15, -0.1) is 0 Å². The Hall–Kier alpha value is -1.73. The van der Waals surface area contributed by atoms with Gasteiger partial charge >= 0.3 is 11.9 Å². The van der Waals surface area contributed by atoms with E-state index in [9.17, 15) is 18.4 Å². The van der Waals surface area contributed by atoms with E-state index in [1.807, 2.05) is 0 Å². The summed E-state index contributed by atoms with van der Waals surface area (Å²) < 4.78 is 34.1. The number of esters is 2. The van der Waals surface area contributed by atoms with Crippen LogP contribution in [0.4, 0.5) is 0 Å². The molecule has 0 saturated heterocycles. The van der Waals surface area contributed by atoms with Gasteiger partial charge in [0.25, 0.3) is 0 Å². The van der Waals surface area contributed by atoms with E-state index < -0.39 is 23.0 Å². The predicted octanol–water partition coefficient (Wildman–Crippen LogP) is 12.2. The van der Waals surface area contributed by atoms with Crippen LogP contribution in [0.15, 0.2) is 23.1 Å². The standard InChI is InChI=1S/C40H70O6S/c1-3-5-7-9-11-13-15-17-19-21-23-25-27-29-31-45-39(41)36-33-37(35-38(34-36)47(43)44)40(42)46-32-30-28-26-24-22-20-18-16-14-12-10-8-6-4-2/h33-35H,3-32H2,1-2H3,(H,43,44)/p-1. The number of ether oxygens (including phenoxy) is 2. The molecule has 1 unspecified atom stereocenters. The van der Waals surface area contributed by atoms with Crippen LogP contribution < -0.4 is 0 Å². The van der Waals surface area contributed by atoms with Crippen LogP contribution in [0.1, 0.15) is 214 Å². The fourth-order valence-electron chi connectivity index (χ4n) is 6.02. The molecule has 0 radical (unpaired) electrons. The third kappa shape index (κ3) is 25.0. The first-order chi connectivity index (χ1) is 23.0. The van der Waals surface area contributed by atoms with Gasteiger partial charge in [-0.3, -0.25) is 4.21 Å². The SMILES string of the molecule is CCCCCCCCCCCCCCCCOC(=O)c1cc(C(=O)OCCCCCCCCCCCCCCCC)cc(S(=O)[O-])c1. The van der Waals surface area contributed by atoms with Gasteiger partial charge in [-0.1, -0.05) is 181 Å². The van der Waals surface area contributed by atoms with Crippen molar-refractivity contribution in [2.75, 3.05) is 13.2 Å². The highest BCUT2D eigenvalue weighted by molar-refractivity contribution is 7.79. The van der Waals surface area contributed by atoms with E-state index >= 15 is 0 Å². The molecule has 0 aliphatic heterocycles. The van der Waals surface area contributed by atoms with Crippen LogP contribution in [0.5, 0.6) is 0 Å². The Kier molecular flexibility index (Phi) is 29.0. The van der Waals surface area contributed by atoms with Crippen molar-refractivity contribution >= 4 is 23.0 Å². The van der Waals surface area contributed by atoms with Gasteiger partial charge in [0.15, 0.2) is 0 Å². The summed E-state index contributed by atoms with van der Waals surface area (Å²) in [5, 5.41) is 0. The highest BCUT2D eigenvalue weighted by Crippen LogP contribution is 2.18. The maximum Gasteiger partial charge on any atom is 0.338 e. The second-order valence-corrected chi connectivity index (χ2v) is 14.4. The first kappa shape index (κ1) is 43.3. The van der Waals surface area contributed by atoms with E-state index in [1.54, 1.807) is 0 Å². The third-order valence-corrected chi connectivity index (χ3v) is 9.65. The molecule has 1 rings (SSSR count). The maximum absolute atomic E-state index is 12.7. The van der Waals surface area contributed by atoms with Crippen molar-refractivity contribution in [3.05, 3.63) is 29.3 Å². The molecule has 1 atom stereocenters. The van der Waals surface area contributed by atoms with Crippen LogP contribution in [-0.4, -0.2) is 33.9 Å². The second kappa shape index (κ2) is 31.5. The Morgan fingerprint density at radius 3 is 0.979 bits per heavy atom. The van der Waals surface area contributed by atoms with E-state index in [0.29, 0.717) is 0 Å². The number of hydrogen-bond acceptors (Lipinski definition) is 6. The molecule has 7 heteroatoms. The molecule has 0 aliphatic carbocycles. The number of rotatable bonds is 33. The van der Waals surface area contributed by atoms with Gasteiger partial charge in [-0.25, -0.2) is 9.59 Å². The Bertz CT molecular complexity index is 869. The lowest BCUT2D eigenvalue weighted by atomic mass is 10.0. The van der Waals surface area contributed by atoms with Gasteiger partial charge in [-0.05, 0) is 42.1 Å². The van der Waals surface area contributed by atoms with Crippen molar-refractivity contribution in [1.82, 2.24) is 0 Å². The largest absolute Gasteiger partial charge is 0.768 e. The molecule has 6 nitrogen and oxygen atoms in total. The highest BCUT2D eigenvalue weighted by atomic mass is 32.2. The molecule has 0 aromatic heterocycles. The van der Waals surface area contributed by atoms with Crippen LogP contribution >= 0.6 is 0 Å². The van der Waals surface area contributed by atoms with Gasteiger partial charge in [0.2, 0.25) is 0 Å². The van der Waals surface area contributed by atoms with Crippen molar-refractivity contribution in [3.63, 3.8) is 0 Å². The first-order valence-corrected chi connectivity index (χ1v) is 20.7. The zero-order valence-electron chi connectivity index (χ0n) is 30.3. The molecule has 0 saturated carbocycles. The number of hydrogen-bond donors (Lipinski definition) is 0. The number of carbonyl (C=O) groups excluding carboxylic acids is 2. The summed E-state index contributed by atoms with van der Waals surface area (Å²) in [6.07, 6.45) is 35.0. The summed E-state index contributed by atoms with van der Waals surface area (Å²) in [5.74, 6) is -1.24. The summed E-state index contributed by atoms with van der Waals surface area (Å²) in [6, 6.07) is 3.87. The second-order valence-electron chi connectivity index (χ2n) is 13.4. The topological polar surface area (TPSA) is 92.7 Å². The highest BCUT2D eigenvalue weighted by Gasteiger charge is 2.16. The molecule has 1 aromatic carbocycles.